The van der Waals surface area contributed by atoms with Crippen LogP contribution in [0.25, 0.3) is 0 Å². The molecule has 2 N–H and O–H groups in total. The van der Waals surface area contributed by atoms with Crippen molar-refractivity contribution in [1.82, 2.24) is 4.90 Å². The van der Waals surface area contributed by atoms with Crippen LogP contribution in [0, 0.1) is 17.3 Å². The Bertz CT molecular complexity index is 717. The normalized spacial score (nSPS) is 28.3. The smallest absolute Gasteiger partial charge is 0.311 e. The molecule has 1 aliphatic heterocycles. The predicted molar refractivity (Wildman–Crippen MR) is 93.2 cm³/mol. The summed E-state index contributed by atoms with van der Waals surface area (Å²) in [4.78, 5) is 37.9. The van der Waals surface area contributed by atoms with E-state index in [0.717, 1.165) is 6.42 Å². The SMILES string of the molecule is CC1CC1C(=O)Nc1cccc(C(=O)N2CCCC(C)(C(=O)O)C2)c1. The Morgan fingerprint density at radius 3 is 2.68 bits per heavy atom. The van der Waals surface area contributed by atoms with Gasteiger partial charge in [-0.05, 0) is 50.3 Å². The average molecular weight is 344 g/mol. The molecule has 1 aromatic carbocycles. The van der Waals surface area contributed by atoms with E-state index >= 15 is 0 Å². The summed E-state index contributed by atoms with van der Waals surface area (Å²) in [5.41, 5.74) is 0.172. The van der Waals surface area contributed by atoms with Crippen molar-refractivity contribution in [2.75, 3.05) is 18.4 Å². The van der Waals surface area contributed by atoms with Crippen molar-refractivity contribution in [3.8, 4) is 0 Å². The third-order valence-corrected chi connectivity index (χ3v) is 5.32. The molecule has 2 aliphatic rings. The van der Waals surface area contributed by atoms with Crippen molar-refractivity contribution >= 4 is 23.5 Å². The second kappa shape index (κ2) is 6.50. The number of carbonyl (C=O) groups is 3. The van der Waals surface area contributed by atoms with Gasteiger partial charge < -0.3 is 15.3 Å². The largest absolute Gasteiger partial charge is 0.481 e. The average Bonchev–Trinajstić information content (AvgIpc) is 3.31. The molecule has 2 fully saturated rings. The molecular formula is C19H24N2O4. The van der Waals surface area contributed by atoms with Gasteiger partial charge in [0.2, 0.25) is 5.91 Å². The van der Waals surface area contributed by atoms with Crippen LogP contribution in [0.15, 0.2) is 24.3 Å². The minimum absolute atomic E-state index is 0.00600. The van der Waals surface area contributed by atoms with Gasteiger partial charge in [0.1, 0.15) is 0 Å². The van der Waals surface area contributed by atoms with Crippen LogP contribution in [0.2, 0.25) is 0 Å². The lowest BCUT2D eigenvalue weighted by molar-refractivity contribution is -0.150. The summed E-state index contributed by atoms with van der Waals surface area (Å²) in [6.45, 7) is 4.48. The van der Waals surface area contributed by atoms with Crippen molar-refractivity contribution in [2.24, 2.45) is 17.3 Å². The second-order valence-corrected chi connectivity index (χ2v) is 7.59. The fourth-order valence-electron chi connectivity index (χ4n) is 3.42. The van der Waals surface area contributed by atoms with E-state index in [4.69, 9.17) is 0 Å². The summed E-state index contributed by atoms with van der Waals surface area (Å²) in [6, 6.07) is 6.86. The van der Waals surface area contributed by atoms with Gasteiger partial charge in [-0.15, -0.1) is 0 Å². The molecule has 0 spiro atoms. The first-order valence-corrected chi connectivity index (χ1v) is 8.74. The fourth-order valence-corrected chi connectivity index (χ4v) is 3.42. The molecule has 0 aromatic heterocycles. The summed E-state index contributed by atoms with van der Waals surface area (Å²) in [7, 11) is 0. The minimum Gasteiger partial charge on any atom is -0.481 e. The van der Waals surface area contributed by atoms with Crippen LogP contribution in [-0.2, 0) is 9.59 Å². The molecule has 1 saturated carbocycles. The van der Waals surface area contributed by atoms with E-state index in [9.17, 15) is 19.5 Å². The molecule has 0 bridgehead atoms. The molecular weight excluding hydrogens is 320 g/mol. The quantitative estimate of drug-likeness (QED) is 0.879. The third-order valence-electron chi connectivity index (χ3n) is 5.32. The van der Waals surface area contributed by atoms with Crippen LogP contribution in [0.4, 0.5) is 5.69 Å². The van der Waals surface area contributed by atoms with Crippen LogP contribution in [0.1, 0.15) is 43.5 Å². The van der Waals surface area contributed by atoms with Gasteiger partial charge in [-0.3, -0.25) is 14.4 Å². The molecule has 1 aromatic rings. The Morgan fingerprint density at radius 1 is 1.32 bits per heavy atom. The van der Waals surface area contributed by atoms with Crippen molar-refractivity contribution in [1.29, 1.82) is 0 Å². The fraction of sp³-hybridized carbons (Fsp3) is 0.526. The highest BCUT2D eigenvalue weighted by Crippen LogP contribution is 2.38. The third kappa shape index (κ3) is 3.67. The number of benzene rings is 1. The maximum Gasteiger partial charge on any atom is 0.311 e. The lowest BCUT2D eigenvalue weighted by Crippen LogP contribution is -2.48. The highest BCUT2D eigenvalue weighted by molar-refractivity contribution is 5.98. The number of hydrogen-bond donors (Lipinski definition) is 2. The number of nitrogens with one attached hydrogen (secondary N) is 1. The maximum absolute atomic E-state index is 12.8. The molecule has 3 rings (SSSR count). The van der Waals surface area contributed by atoms with E-state index in [1.165, 1.54) is 0 Å². The molecule has 2 amide bonds. The molecule has 0 radical (unpaired) electrons. The summed E-state index contributed by atoms with van der Waals surface area (Å²) in [5.74, 6) is -0.578. The molecule has 3 atom stereocenters. The Morgan fingerprint density at radius 2 is 2.04 bits per heavy atom. The lowest BCUT2D eigenvalue weighted by atomic mass is 9.82. The Kier molecular flexibility index (Phi) is 4.54. The number of carboxylic acids is 1. The standard InChI is InChI=1S/C19H24N2O4/c1-12-9-15(12)16(22)20-14-6-3-5-13(10-14)17(23)21-8-4-7-19(2,11-21)18(24)25/h3,5-6,10,12,15H,4,7-9,11H2,1-2H3,(H,20,22)(H,24,25). The van der Waals surface area contributed by atoms with E-state index in [2.05, 4.69) is 5.32 Å². The van der Waals surface area contributed by atoms with Crippen molar-refractivity contribution in [3.63, 3.8) is 0 Å². The number of rotatable bonds is 4. The number of hydrogen-bond acceptors (Lipinski definition) is 3. The summed E-state index contributed by atoms with van der Waals surface area (Å²) >= 11 is 0. The molecule has 134 valence electrons. The van der Waals surface area contributed by atoms with Gasteiger partial charge in [0.25, 0.3) is 5.91 Å². The molecule has 6 nitrogen and oxygen atoms in total. The van der Waals surface area contributed by atoms with Crippen LogP contribution in [-0.4, -0.2) is 40.9 Å². The minimum atomic E-state index is -0.901. The highest BCUT2D eigenvalue weighted by Gasteiger charge is 2.40. The lowest BCUT2D eigenvalue weighted by Gasteiger charge is -2.37. The predicted octanol–water partition coefficient (Wildman–Crippen LogP) is 2.61. The Labute approximate surface area is 147 Å². The number of nitrogens with zero attached hydrogens (tertiary/aromatic N) is 1. The van der Waals surface area contributed by atoms with Gasteiger partial charge in [0.05, 0.1) is 5.41 Å². The van der Waals surface area contributed by atoms with Crippen LogP contribution >= 0.6 is 0 Å². The number of aliphatic carboxylic acids is 1. The van der Waals surface area contributed by atoms with Gasteiger partial charge in [0.15, 0.2) is 0 Å². The van der Waals surface area contributed by atoms with Gasteiger partial charge in [-0.25, -0.2) is 0 Å². The second-order valence-electron chi connectivity index (χ2n) is 7.59. The van der Waals surface area contributed by atoms with Crippen molar-refractivity contribution in [2.45, 2.75) is 33.1 Å². The zero-order valence-corrected chi connectivity index (χ0v) is 14.6. The van der Waals surface area contributed by atoms with Gasteiger partial charge in [-0.1, -0.05) is 13.0 Å². The molecule has 25 heavy (non-hydrogen) atoms. The Hall–Kier alpha value is -2.37. The number of piperidine rings is 1. The summed E-state index contributed by atoms with van der Waals surface area (Å²) in [6.07, 6.45) is 2.15. The number of anilines is 1. The van der Waals surface area contributed by atoms with E-state index in [1.54, 1.807) is 36.1 Å². The van der Waals surface area contributed by atoms with E-state index in [1.807, 2.05) is 6.92 Å². The number of likely N-dealkylation sites (tertiary alicyclic amines) is 1. The summed E-state index contributed by atoms with van der Waals surface area (Å²) < 4.78 is 0. The zero-order chi connectivity index (χ0) is 18.2. The van der Waals surface area contributed by atoms with Crippen LogP contribution < -0.4 is 5.32 Å². The molecule has 3 unspecified atom stereocenters. The molecule has 1 heterocycles. The Balaban J connectivity index is 1.70. The number of carboxylic acid groups (broad SMARTS) is 1. The van der Waals surface area contributed by atoms with Gasteiger partial charge >= 0.3 is 5.97 Å². The molecule has 1 saturated heterocycles. The van der Waals surface area contributed by atoms with Crippen molar-refractivity contribution in [3.05, 3.63) is 29.8 Å². The highest BCUT2D eigenvalue weighted by atomic mass is 16.4. The van der Waals surface area contributed by atoms with E-state index in [0.29, 0.717) is 36.6 Å². The summed E-state index contributed by atoms with van der Waals surface area (Å²) in [5, 5.41) is 12.3. The molecule has 1 aliphatic carbocycles. The van der Waals surface area contributed by atoms with Crippen molar-refractivity contribution < 1.29 is 19.5 Å². The monoisotopic (exact) mass is 344 g/mol. The number of carbonyl (C=O) groups excluding carboxylic acids is 2. The number of amides is 2. The van der Waals surface area contributed by atoms with Gasteiger partial charge in [0, 0.05) is 30.3 Å². The zero-order valence-electron chi connectivity index (χ0n) is 14.6. The topological polar surface area (TPSA) is 86.7 Å². The first kappa shape index (κ1) is 17.5. The first-order chi connectivity index (χ1) is 11.8. The van der Waals surface area contributed by atoms with Gasteiger partial charge in [-0.2, -0.15) is 0 Å². The van der Waals surface area contributed by atoms with Crippen LogP contribution in [0.5, 0.6) is 0 Å². The van der Waals surface area contributed by atoms with E-state index < -0.39 is 11.4 Å². The van der Waals surface area contributed by atoms with Crippen LogP contribution in [0.3, 0.4) is 0 Å². The van der Waals surface area contributed by atoms with E-state index in [-0.39, 0.29) is 24.3 Å². The molecule has 6 heteroatoms. The maximum atomic E-state index is 12.8. The first-order valence-electron chi connectivity index (χ1n) is 8.74.